The smallest absolute Gasteiger partial charge is 0.145 e. The summed E-state index contributed by atoms with van der Waals surface area (Å²) in [5, 5.41) is 6.53. The molecule has 0 radical (unpaired) electrons. The summed E-state index contributed by atoms with van der Waals surface area (Å²) in [6.45, 7) is 0. The third-order valence-corrected chi connectivity index (χ3v) is 5.23. The lowest BCUT2D eigenvalue weighted by Crippen LogP contribution is -2.22. The second-order valence-electron chi connectivity index (χ2n) is 3.58. The largest absolute Gasteiger partial charge is 0.368 e. The van der Waals surface area contributed by atoms with Gasteiger partial charge in [-0.15, -0.1) is 0 Å². The molecule has 0 unspecified atom stereocenters. The molecule has 0 spiro atoms. The summed E-state index contributed by atoms with van der Waals surface area (Å²) >= 11 is 10.3. The quantitative estimate of drug-likeness (QED) is 0.587. The molecule has 78 valence electrons. The summed E-state index contributed by atoms with van der Waals surface area (Å²) in [5.74, 6) is 0. The molecule has 2 saturated carbocycles. The average molecular weight is 264 g/mol. The van der Waals surface area contributed by atoms with Crippen molar-refractivity contribution in [1.82, 2.24) is 10.6 Å². The maximum Gasteiger partial charge on any atom is 0.145 e. The zero-order chi connectivity index (χ0) is 9.97. The highest BCUT2D eigenvalue weighted by Gasteiger charge is 2.23. The average Bonchev–Trinajstić information content (AvgIpc) is 2.96. The predicted octanol–water partition coefficient (Wildman–Crippen LogP) is 2.44. The molecule has 6 heteroatoms. The molecule has 0 aromatic rings. The van der Waals surface area contributed by atoms with Crippen LogP contribution in [-0.2, 0) is 0 Å². The van der Waals surface area contributed by atoms with Crippen molar-refractivity contribution in [2.45, 2.75) is 37.8 Å². The Morgan fingerprint density at radius 3 is 1.50 bits per heavy atom. The minimum Gasteiger partial charge on any atom is -0.368 e. The van der Waals surface area contributed by atoms with Crippen LogP contribution >= 0.6 is 46.0 Å². The van der Waals surface area contributed by atoms with Gasteiger partial charge in [-0.25, -0.2) is 0 Å². The lowest BCUT2D eigenvalue weighted by molar-refractivity contribution is 0.933. The first-order chi connectivity index (χ1) is 6.74. The standard InChI is InChI=1S/C8H12N2S4/c11-7(9-5-1-2-5)13-14-8(12)10-6-3-4-6/h5-6H,1-4H2,(H,9,11)(H,10,12). The van der Waals surface area contributed by atoms with E-state index in [9.17, 15) is 0 Å². The Labute approximate surface area is 103 Å². The first-order valence-electron chi connectivity index (χ1n) is 4.69. The van der Waals surface area contributed by atoms with Crippen molar-refractivity contribution < 1.29 is 0 Å². The SMILES string of the molecule is S=C(NC1CC1)SSC(=S)NC1CC1. The maximum absolute atomic E-state index is 5.16. The van der Waals surface area contributed by atoms with E-state index >= 15 is 0 Å². The fourth-order valence-corrected chi connectivity index (χ4v) is 3.18. The monoisotopic (exact) mass is 264 g/mol. The van der Waals surface area contributed by atoms with E-state index in [1.165, 1.54) is 25.7 Å². The molecule has 0 saturated heterocycles. The van der Waals surface area contributed by atoms with Gasteiger partial charge in [-0.3, -0.25) is 0 Å². The second-order valence-corrected chi connectivity index (χ2v) is 7.06. The first-order valence-corrected chi connectivity index (χ1v) is 7.66. The van der Waals surface area contributed by atoms with Gasteiger partial charge in [0.2, 0.25) is 0 Å². The normalized spacial score (nSPS) is 20.3. The summed E-state index contributed by atoms with van der Waals surface area (Å²) in [7, 11) is 3.11. The molecule has 2 fully saturated rings. The Bertz CT molecular complexity index is 222. The molecule has 0 aromatic carbocycles. The molecule has 0 bridgehead atoms. The van der Waals surface area contributed by atoms with Crippen LogP contribution in [0.25, 0.3) is 0 Å². The molecule has 2 rings (SSSR count). The van der Waals surface area contributed by atoms with Gasteiger partial charge in [0.1, 0.15) is 8.64 Å². The first kappa shape index (κ1) is 11.0. The molecule has 0 aromatic heterocycles. The van der Waals surface area contributed by atoms with Crippen LogP contribution in [-0.4, -0.2) is 20.7 Å². The van der Waals surface area contributed by atoms with Gasteiger partial charge in [-0.1, -0.05) is 24.4 Å². The Balaban J connectivity index is 1.55. The Hall–Kier alpha value is 0.480. The molecule has 14 heavy (non-hydrogen) atoms. The number of nitrogens with one attached hydrogen (secondary N) is 2. The van der Waals surface area contributed by atoms with Gasteiger partial charge >= 0.3 is 0 Å². The summed E-state index contributed by atoms with van der Waals surface area (Å²) in [6.07, 6.45) is 5.04. The molecule has 2 nitrogen and oxygen atoms in total. The molecule has 0 atom stereocenters. The van der Waals surface area contributed by atoms with Crippen LogP contribution in [0.4, 0.5) is 0 Å². The van der Waals surface area contributed by atoms with Crippen LogP contribution in [0.2, 0.25) is 0 Å². The van der Waals surface area contributed by atoms with E-state index in [0.717, 1.165) is 8.64 Å². The number of hydrogen-bond acceptors (Lipinski definition) is 4. The van der Waals surface area contributed by atoms with Crippen molar-refractivity contribution in [3.8, 4) is 0 Å². The van der Waals surface area contributed by atoms with Crippen molar-refractivity contribution in [1.29, 1.82) is 0 Å². The Kier molecular flexibility index (Phi) is 3.93. The van der Waals surface area contributed by atoms with Crippen molar-refractivity contribution in [2.24, 2.45) is 0 Å². The van der Waals surface area contributed by atoms with Crippen LogP contribution in [0.1, 0.15) is 25.7 Å². The Morgan fingerprint density at radius 1 is 0.857 bits per heavy atom. The van der Waals surface area contributed by atoms with E-state index in [1.54, 1.807) is 21.6 Å². The number of thiocarbonyl (C=S) groups is 2. The van der Waals surface area contributed by atoms with Gasteiger partial charge in [0.25, 0.3) is 0 Å². The molecular formula is C8H12N2S4. The van der Waals surface area contributed by atoms with Crippen molar-refractivity contribution in [3.63, 3.8) is 0 Å². The molecule has 0 heterocycles. The summed E-state index contributed by atoms with van der Waals surface area (Å²) in [5.41, 5.74) is 0. The molecule has 0 amide bonds. The van der Waals surface area contributed by atoms with Crippen LogP contribution in [0, 0.1) is 0 Å². The number of hydrogen-bond donors (Lipinski definition) is 2. The highest BCUT2D eigenvalue weighted by Crippen LogP contribution is 2.28. The second kappa shape index (κ2) is 5.01. The third kappa shape index (κ3) is 4.33. The molecule has 2 N–H and O–H groups in total. The molecular weight excluding hydrogens is 252 g/mol. The highest BCUT2D eigenvalue weighted by molar-refractivity contribution is 8.89. The van der Waals surface area contributed by atoms with Crippen LogP contribution in [0.5, 0.6) is 0 Å². The lowest BCUT2D eigenvalue weighted by Gasteiger charge is -2.06. The van der Waals surface area contributed by atoms with Gasteiger partial charge in [-0.05, 0) is 47.3 Å². The van der Waals surface area contributed by atoms with Crippen molar-refractivity contribution in [3.05, 3.63) is 0 Å². The lowest BCUT2D eigenvalue weighted by atomic mass is 10.7. The maximum atomic E-state index is 5.16. The van der Waals surface area contributed by atoms with Gasteiger partial charge in [0.15, 0.2) is 0 Å². The highest BCUT2D eigenvalue weighted by atomic mass is 33.1. The van der Waals surface area contributed by atoms with E-state index in [-0.39, 0.29) is 0 Å². The van der Waals surface area contributed by atoms with Gasteiger partial charge < -0.3 is 10.6 Å². The van der Waals surface area contributed by atoms with E-state index in [1.807, 2.05) is 0 Å². The Morgan fingerprint density at radius 2 is 1.21 bits per heavy atom. The summed E-state index contributed by atoms with van der Waals surface area (Å²) in [4.78, 5) is 0. The van der Waals surface area contributed by atoms with Gasteiger partial charge in [0, 0.05) is 12.1 Å². The topological polar surface area (TPSA) is 24.1 Å². The molecule has 0 aliphatic heterocycles. The molecule has 2 aliphatic rings. The van der Waals surface area contributed by atoms with Crippen molar-refractivity contribution >= 4 is 54.7 Å². The zero-order valence-corrected chi connectivity index (χ0v) is 10.9. The minimum absolute atomic E-state index is 0.639. The van der Waals surface area contributed by atoms with Crippen molar-refractivity contribution in [2.75, 3.05) is 0 Å². The van der Waals surface area contributed by atoms with Crippen LogP contribution in [0.3, 0.4) is 0 Å². The van der Waals surface area contributed by atoms with Gasteiger partial charge in [0.05, 0.1) is 0 Å². The third-order valence-electron chi connectivity index (χ3n) is 1.99. The summed E-state index contributed by atoms with van der Waals surface area (Å²) < 4.78 is 1.72. The van der Waals surface area contributed by atoms with Crippen LogP contribution in [0.15, 0.2) is 0 Å². The van der Waals surface area contributed by atoms with E-state index in [0.29, 0.717) is 12.1 Å². The van der Waals surface area contributed by atoms with Crippen LogP contribution < -0.4 is 10.6 Å². The number of rotatable bonds is 2. The van der Waals surface area contributed by atoms with E-state index in [2.05, 4.69) is 10.6 Å². The molecule has 2 aliphatic carbocycles. The van der Waals surface area contributed by atoms with Gasteiger partial charge in [-0.2, -0.15) is 0 Å². The van der Waals surface area contributed by atoms with E-state index in [4.69, 9.17) is 24.4 Å². The fourth-order valence-electron chi connectivity index (χ4n) is 0.912. The predicted molar refractivity (Wildman–Crippen MR) is 72.7 cm³/mol. The minimum atomic E-state index is 0.639. The zero-order valence-electron chi connectivity index (χ0n) is 7.62. The summed E-state index contributed by atoms with van der Waals surface area (Å²) in [6, 6.07) is 1.28. The fraction of sp³-hybridized carbons (Fsp3) is 0.750. The van der Waals surface area contributed by atoms with E-state index < -0.39 is 0 Å².